The number of carbonyl (C=O) groups is 1. The van der Waals surface area contributed by atoms with E-state index in [0.29, 0.717) is 5.56 Å². The zero-order chi connectivity index (χ0) is 17.8. The third kappa shape index (κ3) is 3.67. The highest BCUT2D eigenvalue weighted by Gasteiger charge is 2.15. The molecule has 5 heteroatoms. The summed E-state index contributed by atoms with van der Waals surface area (Å²) >= 11 is 5.03. The molecule has 0 aliphatic rings. The fourth-order valence-electron chi connectivity index (χ4n) is 2.77. The maximum absolute atomic E-state index is 12.6. The highest BCUT2D eigenvalue weighted by atomic mass is 79.9. The van der Waals surface area contributed by atoms with Crippen LogP contribution in [-0.4, -0.2) is 10.5 Å². The summed E-state index contributed by atoms with van der Waals surface area (Å²) in [5, 5.41) is 0. The molecule has 1 aromatic heterocycles. The molecule has 0 aliphatic carbocycles. The largest absolute Gasteiger partial charge is 0.316 e. The molecule has 0 saturated carbocycles. The van der Waals surface area contributed by atoms with Gasteiger partial charge in [0.25, 0.3) is 5.91 Å². The van der Waals surface area contributed by atoms with Gasteiger partial charge in [0.05, 0.1) is 11.3 Å². The molecular weight excluding hydrogens is 396 g/mol. The van der Waals surface area contributed by atoms with Gasteiger partial charge in [0, 0.05) is 15.9 Å². The van der Waals surface area contributed by atoms with Crippen molar-refractivity contribution in [2.45, 2.75) is 26.8 Å². The normalized spacial score (nSPS) is 11.7. The van der Waals surface area contributed by atoms with Crippen LogP contribution in [0.3, 0.4) is 0 Å². The van der Waals surface area contributed by atoms with Crippen molar-refractivity contribution in [1.82, 2.24) is 4.57 Å². The zero-order valence-electron chi connectivity index (χ0n) is 14.2. The van der Waals surface area contributed by atoms with E-state index in [-0.39, 0.29) is 5.91 Å². The zero-order valence-corrected chi connectivity index (χ0v) is 16.6. The summed E-state index contributed by atoms with van der Waals surface area (Å²) in [5.74, 6) is -0.224. The van der Waals surface area contributed by atoms with Crippen LogP contribution in [0.1, 0.15) is 29.1 Å². The molecule has 3 aromatic rings. The van der Waals surface area contributed by atoms with Gasteiger partial charge in [-0.2, -0.15) is 4.99 Å². The number of amides is 1. The maximum Gasteiger partial charge on any atom is 0.280 e. The smallest absolute Gasteiger partial charge is 0.280 e. The van der Waals surface area contributed by atoms with Gasteiger partial charge in [0.2, 0.25) is 0 Å². The summed E-state index contributed by atoms with van der Waals surface area (Å²) < 4.78 is 2.90. The van der Waals surface area contributed by atoms with Crippen molar-refractivity contribution in [3.05, 3.63) is 74.3 Å². The van der Waals surface area contributed by atoms with Gasteiger partial charge in [-0.1, -0.05) is 49.4 Å². The number of nitrogens with zero attached hydrogens (tertiary/aromatic N) is 2. The summed E-state index contributed by atoms with van der Waals surface area (Å²) in [6.07, 6.45) is 0.910. The van der Waals surface area contributed by atoms with Gasteiger partial charge < -0.3 is 4.57 Å². The molecule has 25 heavy (non-hydrogen) atoms. The van der Waals surface area contributed by atoms with Gasteiger partial charge >= 0.3 is 0 Å². The average Bonchev–Trinajstić information content (AvgIpc) is 3.00. The Morgan fingerprint density at radius 3 is 2.40 bits per heavy atom. The van der Waals surface area contributed by atoms with Gasteiger partial charge in [-0.05, 0) is 47.0 Å². The number of hydrogen-bond donors (Lipinski definition) is 0. The monoisotopic (exact) mass is 414 g/mol. The summed E-state index contributed by atoms with van der Waals surface area (Å²) in [7, 11) is 0. The van der Waals surface area contributed by atoms with Crippen LogP contribution in [0.4, 0.5) is 0 Å². The first-order valence-electron chi connectivity index (χ1n) is 8.27. The first-order chi connectivity index (χ1) is 12.2. The molecule has 1 amide bonds. The molecule has 2 aromatic carbocycles. The Kier molecular flexibility index (Phi) is 5.66. The van der Waals surface area contributed by atoms with E-state index in [1.807, 2.05) is 36.4 Å². The first-order valence-corrected chi connectivity index (χ1v) is 9.88. The Morgan fingerprint density at radius 2 is 1.76 bits per heavy atom. The van der Waals surface area contributed by atoms with Crippen molar-refractivity contribution in [3.63, 3.8) is 0 Å². The van der Waals surface area contributed by atoms with E-state index in [1.165, 1.54) is 4.88 Å². The van der Waals surface area contributed by atoms with Gasteiger partial charge in [-0.15, -0.1) is 11.3 Å². The SMILES string of the molecule is CCc1sc(=NC(=O)c2ccccc2Br)n(CC)c1-c1ccccc1. The fourth-order valence-corrected chi connectivity index (χ4v) is 4.37. The number of halogens is 1. The number of rotatable bonds is 4. The fraction of sp³-hybridized carbons (Fsp3) is 0.200. The van der Waals surface area contributed by atoms with E-state index >= 15 is 0 Å². The standard InChI is InChI=1S/C20H19BrN2OS/c1-3-17-18(14-10-6-5-7-11-14)23(4-2)20(25-17)22-19(24)15-12-8-9-13-16(15)21/h5-13H,3-4H2,1-2H3. The molecular formula is C20H19BrN2OS. The third-order valence-corrected chi connectivity index (χ3v) is 5.88. The molecule has 0 saturated heterocycles. The van der Waals surface area contributed by atoms with E-state index in [1.54, 1.807) is 17.4 Å². The number of aryl methyl sites for hydroxylation is 1. The molecule has 3 rings (SSSR count). The quantitative estimate of drug-likeness (QED) is 0.569. The minimum Gasteiger partial charge on any atom is -0.316 e. The van der Waals surface area contributed by atoms with Crippen molar-refractivity contribution in [2.75, 3.05) is 0 Å². The van der Waals surface area contributed by atoms with Gasteiger partial charge in [0.1, 0.15) is 0 Å². The van der Waals surface area contributed by atoms with Crippen LogP contribution in [0.2, 0.25) is 0 Å². The molecule has 128 valence electrons. The molecule has 0 radical (unpaired) electrons. The Labute approximate surface area is 159 Å². The van der Waals surface area contributed by atoms with Gasteiger partial charge in [-0.25, -0.2) is 0 Å². The summed E-state index contributed by atoms with van der Waals surface area (Å²) in [5.41, 5.74) is 2.90. The average molecular weight is 415 g/mol. The molecule has 1 heterocycles. The second-order valence-corrected chi connectivity index (χ2v) is 7.43. The molecule has 0 unspecified atom stereocenters. The molecule has 0 bridgehead atoms. The lowest BCUT2D eigenvalue weighted by molar-refractivity contribution is 0.0997. The third-order valence-electron chi connectivity index (χ3n) is 3.97. The van der Waals surface area contributed by atoms with Crippen LogP contribution in [0, 0.1) is 0 Å². The lowest BCUT2D eigenvalue weighted by Gasteiger charge is -2.08. The summed E-state index contributed by atoms with van der Waals surface area (Å²) in [6.45, 7) is 4.99. The van der Waals surface area contributed by atoms with Crippen LogP contribution in [0.25, 0.3) is 11.3 Å². The number of aromatic nitrogens is 1. The molecule has 0 spiro atoms. The predicted molar refractivity (Wildman–Crippen MR) is 107 cm³/mol. The Hall–Kier alpha value is -1.98. The van der Waals surface area contributed by atoms with E-state index in [0.717, 1.165) is 33.5 Å². The summed E-state index contributed by atoms with van der Waals surface area (Å²) in [4.78, 5) is 19.1. The van der Waals surface area contributed by atoms with Crippen LogP contribution in [0.5, 0.6) is 0 Å². The van der Waals surface area contributed by atoms with E-state index in [4.69, 9.17) is 0 Å². The van der Waals surface area contributed by atoms with Gasteiger partial charge in [-0.3, -0.25) is 4.79 Å². The topological polar surface area (TPSA) is 34.4 Å². The number of thiazole rings is 1. The van der Waals surface area contributed by atoms with Crippen LogP contribution >= 0.6 is 27.3 Å². The van der Waals surface area contributed by atoms with Gasteiger partial charge in [0.15, 0.2) is 4.80 Å². The number of benzene rings is 2. The van der Waals surface area contributed by atoms with E-state index in [9.17, 15) is 4.79 Å². The number of carbonyl (C=O) groups excluding carboxylic acids is 1. The van der Waals surface area contributed by atoms with Crippen molar-refractivity contribution in [1.29, 1.82) is 0 Å². The molecule has 0 atom stereocenters. The van der Waals surface area contributed by atoms with Crippen LogP contribution in [0.15, 0.2) is 64.1 Å². The minimum absolute atomic E-state index is 0.224. The Balaban J connectivity index is 2.16. The second-order valence-electron chi connectivity index (χ2n) is 5.52. The molecule has 0 aliphatic heterocycles. The van der Waals surface area contributed by atoms with Crippen molar-refractivity contribution < 1.29 is 4.79 Å². The summed E-state index contributed by atoms with van der Waals surface area (Å²) in [6, 6.07) is 17.7. The highest BCUT2D eigenvalue weighted by molar-refractivity contribution is 9.10. The van der Waals surface area contributed by atoms with Crippen LogP contribution < -0.4 is 4.80 Å². The lowest BCUT2D eigenvalue weighted by Crippen LogP contribution is -2.17. The predicted octanol–water partition coefficient (Wildman–Crippen LogP) is 5.30. The van der Waals surface area contributed by atoms with Crippen molar-refractivity contribution in [3.8, 4) is 11.3 Å². The first kappa shape index (κ1) is 17.8. The van der Waals surface area contributed by atoms with Crippen molar-refractivity contribution >= 4 is 33.2 Å². The lowest BCUT2D eigenvalue weighted by atomic mass is 10.1. The van der Waals surface area contributed by atoms with E-state index < -0.39 is 0 Å². The molecule has 0 N–H and O–H groups in total. The Morgan fingerprint density at radius 1 is 1.08 bits per heavy atom. The second kappa shape index (κ2) is 7.93. The number of hydrogen-bond acceptors (Lipinski definition) is 2. The van der Waals surface area contributed by atoms with E-state index in [2.05, 4.69) is 51.5 Å². The molecule has 0 fully saturated rings. The molecule has 3 nitrogen and oxygen atoms in total. The minimum atomic E-state index is -0.224. The Bertz CT molecular complexity index is 957. The highest BCUT2D eigenvalue weighted by Crippen LogP contribution is 2.26. The maximum atomic E-state index is 12.6. The van der Waals surface area contributed by atoms with Crippen LogP contribution in [-0.2, 0) is 13.0 Å². The van der Waals surface area contributed by atoms with Crippen molar-refractivity contribution in [2.24, 2.45) is 4.99 Å².